The second-order valence-corrected chi connectivity index (χ2v) is 4.13. The molecule has 1 saturated carbocycles. The van der Waals surface area contributed by atoms with Crippen molar-refractivity contribution < 1.29 is 0 Å². The molecule has 1 aliphatic carbocycles. The minimum absolute atomic E-state index is 0.161. The van der Waals surface area contributed by atoms with E-state index in [0.717, 1.165) is 24.2 Å². The predicted molar refractivity (Wildman–Crippen MR) is 49.3 cm³/mol. The second-order valence-electron chi connectivity index (χ2n) is 4.13. The zero-order valence-corrected chi connectivity index (χ0v) is 8.22. The van der Waals surface area contributed by atoms with E-state index in [-0.39, 0.29) is 5.54 Å². The smallest absolute Gasteiger partial charge is 0.0211 e. The van der Waals surface area contributed by atoms with Crippen molar-refractivity contribution in [3.63, 3.8) is 0 Å². The summed E-state index contributed by atoms with van der Waals surface area (Å²) in [7, 11) is 0. The SMILES string of the molecule is CCC1[C@@H](C)C(C)C1(N)CC. The van der Waals surface area contributed by atoms with Gasteiger partial charge in [0.1, 0.15) is 0 Å². The van der Waals surface area contributed by atoms with Crippen LogP contribution in [0.1, 0.15) is 40.5 Å². The first-order chi connectivity index (χ1) is 5.07. The summed E-state index contributed by atoms with van der Waals surface area (Å²) in [5.74, 6) is 2.32. The molecule has 1 fully saturated rings. The summed E-state index contributed by atoms with van der Waals surface area (Å²) in [6.07, 6.45) is 2.38. The average molecular weight is 155 g/mol. The van der Waals surface area contributed by atoms with Crippen LogP contribution in [0.15, 0.2) is 0 Å². The van der Waals surface area contributed by atoms with Gasteiger partial charge in [-0.2, -0.15) is 0 Å². The van der Waals surface area contributed by atoms with Crippen LogP contribution >= 0.6 is 0 Å². The van der Waals surface area contributed by atoms with Gasteiger partial charge in [0.15, 0.2) is 0 Å². The van der Waals surface area contributed by atoms with Crippen molar-refractivity contribution in [3.8, 4) is 0 Å². The van der Waals surface area contributed by atoms with Crippen LogP contribution in [0.3, 0.4) is 0 Å². The molecule has 66 valence electrons. The highest BCUT2D eigenvalue weighted by Gasteiger charge is 2.52. The molecule has 4 atom stereocenters. The Hall–Kier alpha value is -0.0400. The van der Waals surface area contributed by atoms with Gasteiger partial charge in [0.05, 0.1) is 0 Å². The molecule has 0 heterocycles. The first kappa shape index (κ1) is 9.05. The predicted octanol–water partition coefficient (Wildman–Crippen LogP) is 2.41. The van der Waals surface area contributed by atoms with Gasteiger partial charge in [-0.05, 0) is 24.2 Å². The van der Waals surface area contributed by atoms with Crippen molar-refractivity contribution in [3.05, 3.63) is 0 Å². The van der Waals surface area contributed by atoms with Gasteiger partial charge in [0, 0.05) is 5.54 Å². The molecule has 0 aromatic heterocycles. The summed E-state index contributed by atoms with van der Waals surface area (Å²) in [5.41, 5.74) is 6.45. The van der Waals surface area contributed by atoms with Gasteiger partial charge < -0.3 is 5.73 Å². The van der Waals surface area contributed by atoms with E-state index in [9.17, 15) is 0 Å². The van der Waals surface area contributed by atoms with Gasteiger partial charge in [-0.3, -0.25) is 0 Å². The lowest BCUT2D eigenvalue weighted by molar-refractivity contribution is -0.0334. The number of rotatable bonds is 2. The summed E-state index contributed by atoms with van der Waals surface area (Å²) in [5, 5.41) is 0. The Bertz CT molecular complexity index is 144. The van der Waals surface area contributed by atoms with Gasteiger partial charge in [0.25, 0.3) is 0 Å². The Kier molecular flexibility index (Phi) is 2.29. The maximum absolute atomic E-state index is 6.29. The van der Waals surface area contributed by atoms with Gasteiger partial charge in [-0.25, -0.2) is 0 Å². The molecule has 0 bridgehead atoms. The monoisotopic (exact) mass is 155 g/mol. The van der Waals surface area contributed by atoms with E-state index in [1.54, 1.807) is 0 Å². The third-order valence-electron chi connectivity index (χ3n) is 4.01. The van der Waals surface area contributed by atoms with Crippen LogP contribution in [0.2, 0.25) is 0 Å². The van der Waals surface area contributed by atoms with E-state index in [4.69, 9.17) is 5.73 Å². The normalized spacial score (nSPS) is 50.5. The highest BCUT2D eigenvalue weighted by molar-refractivity contribution is 5.07. The highest BCUT2D eigenvalue weighted by Crippen LogP contribution is 2.50. The Morgan fingerprint density at radius 1 is 1.27 bits per heavy atom. The van der Waals surface area contributed by atoms with Crippen LogP contribution in [0, 0.1) is 17.8 Å². The topological polar surface area (TPSA) is 26.0 Å². The molecule has 1 aliphatic rings. The quantitative estimate of drug-likeness (QED) is 0.651. The fraction of sp³-hybridized carbons (Fsp3) is 1.00. The molecule has 0 saturated heterocycles. The summed E-state index contributed by atoms with van der Waals surface area (Å²) in [6.45, 7) is 9.09. The molecule has 3 unspecified atom stereocenters. The summed E-state index contributed by atoms with van der Waals surface area (Å²) in [4.78, 5) is 0. The molecular formula is C10H21N. The van der Waals surface area contributed by atoms with Crippen LogP contribution in [-0.2, 0) is 0 Å². The summed E-state index contributed by atoms with van der Waals surface area (Å²) in [6, 6.07) is 0. The van der Waals surface area contributed by atoms with Crippen molar-refractivity contribution in [1.82, 2.24) is 0 Å². The maximum Gasteiger partial charge on any atom is 0.0211 e. The standard InChI is InChI=1S/C10H21N/c1-5-9-7(3)8(4)10(9,11)6-2/h7-9H,5-6,11H2,1-4H3/t7-,8?,9?,10?/m0/s1. The van der Waals surface area contributed by atoms with Crippen LogP contribution in [0.25, 0.3) is 0 Å². The lowest BCUT2D eigenvalue weighted by atomic mass is 9.51. The van der Waals surface area contributed by atoms with Crippen LogP contribution in [0.4, 0.5) is 0 Å². The fourth-order valence-electron chi connectivity index (χ4n) is 2.88. The number of hydrogen-bond acceptors (Lipinski definition) is 1. The Morgan fingerprint density at radius 2 is 1.82 bits per heavy atom. The maximum atomic E-state index is 6.29. The molecule has 1 rings (SSSR count). The van der Waals surface area contributed by atoms with E-state index in [0.29, 0.717) is 0 Å². The molecule has 0 spiro atoms. The molecule has 11 heavy (non-hydrogen) atoms. The third kappa shape index (κ3) is 1.01. The Labute approximate surface area is 70.4 Å². The minimum Gasteiger partial charge on any atom is -0.325 e. The van der Waals surface area contributed by atoms with Gasteiger partial charge in [-0.15, -0.1) is 0 Å². The second kappa shape index (κ2) is 2.78. The number of hydrogen-bond donors (Lipinski definition) is 1. The molecule has 1 heteroatoms. The molecule has 0 aromatic carbocycles. The van der Waals surface area contributed by atoms with E-state index in [1.807, 2.05) is 0 Å². The Morgan fingerprint density at radius 3 is 2.09 bits per heavy atom. The minimum atomic E-state index is 0.161. The van der Waals surface area contributed by atoms with Crippen molar-refractivity contribution in [2.45, 2.75) is 46.1 Å². The van der Waals surface area contributed by atoms with E-state index in [2.05, 4.69) is 27.7 Å². The molecule has 0 radical (unpaired) electrons. The molecule has 1 nitrogen and oxygen atoms in total. The lowest BCUT2D eigenvalue weighted by Crippen LogP contribution is -2.65. The molecule has 0 aliphatic heterocycles. The molecular weight excluding hydrogens is 134 g/mol. The molecule has 0 amide bonds. The van der Waals surface area contributed by atoms with Crippen LogP contribution < -0.4 is 5.73 Å². The molecule has 2 N–H and O–H groups in total. The Balaban J connectivity index is 2.66. The van der Waals surface area contributed by atoms with Gasteiger partial charge in [0.2, 0.25) is 0 Å². The van der Waals surface area contributed by atoms with Crippen molar-refractivity contribution in [2.24, 2.45) is 23.5 Å². The first-order valence-corrected chi connectivity index (χ1v) is 4.86. The van der Waals surface area contributed by atoms with Crippen molar-refractivity contribution in [1.29, 1.82) is 0 Å². The van der Waals surface area contributed by atoms with E-state index in [1.165, 1.54) is 6.42 Å². The zero-order valence-electron chi connectivity index (χ0n) is 8.22. The van der Waals surface area contributed by atoms with Crippen molar-refractivity contribution in [2.75, 3.05) is 0 Å². The van der Waals surface area contributed by atoms with Gasteiger partial charge in [-0.1, -0.05) is 34.1 Å². The largest absolute Gasteiger partial charge is 0.325 e. The van der Waals surface area contributed by atoms with E-state index >= 15 is 0 Å². The summed E-state index contributed by atoms with van der Waals surface area (Å²) < 4.78 is 0. The van der Waals surface area contributed by atoms with Crippen LogP contribution in [0.5, 0.6) is 0 Å². The third-order valence-corrected chi connectivity index (χ3v) is 4.01. The fourth-order valence-corrected chi connectivity index (χ4v) is 2.88. The zero-order chi connectivity index (χ0) is 8.65. The highest BCUT2D eigenvalue weighted by atomic mass is 14.8. The van der Waals surface area contributed by atoms with Crippen molar-refractivity contribution >= 4 is 0 Å². The number of nitrogens with two attached hydrogens (primary N) is 1. The van der Waals surface area contributed by atoms with Crippen LogP contribution in [-0.4, -0.2) is 5.54 Å². The first-order valence-electron chi connectivity index (χ1n) is 4.86. The lowest BCUT2D eigenvalue weighted by Gasteiger charge is -2.57. The average Bonchev–Trinajstić information content (AvgIpc) is 2.04. The van der Waals surface area contributed by atoms with E-state index < -0.39 is 0 Å². The summed E-state index contributed by atoms with van der Waals surface area (Å²) >= 11 is 0. The molecule has 0 aromatic rings. The van der Waals surface area contributed by atoms with Gasteiger partial charge >= 0.3 is 0 Å².